The molecule has 1 N–H and O–H groups in total. The third-order valence-corrected chi connectivity index (χ3v) is 5.69. The molecular weight excluding hydrogens is 321 g/mol. The highest BCUT2D eigenvalue weighted by atomic mass is 32.3. The van der Waals surface area contributed by atoms with E-state index < -0.39 is 31.2 Å². The Balaban J connectivity index is 2.15. The van der Waals surface area contributed by atoms with E-state index in [1.807, 2.05) is 0 Å². The number of hydrogen-bond donors (Lipinski definition) is 1. The predicted molar refractivity (Wildman–Crippen MR) is 73.5 cm³/mol. The summed E-state index contributed by atoms with van der Waals surface area (Å²) < 4.78 is 66.3. The zero-order chi connectivity index (χ0) is 15.7. The van der Waals surface area contributed by atoms with Crippen molar-refractivity contribution in [3.63, 3.8) is 0 Å². The Hall–Kier alpha value is -1.03. The van der Waals surface area contributed by atoms with Gasteiger partial charge < -0.3 is 4.74 Å². The monoisotopic (exact) mass is 337 g/mol. The largest absolute Gasteiger partial charge is 0.377 e. The lowest BCUT2D eigenvalue weighted by atomic mass is 10.1. The third-order valence-electron chi connectivity index (χ3n) is 3.28. The van der Waals surface area contributed by atoms with Crippen LogP contribution in [0, 0.1) is 0 Å². The molecular formula is C12H16FNO5S2. The lowest BCUT2D eigenvalue weighted by Crippen LogP contribution is -2.40. The van der Waals surface area contributed by atoms with Crippen LogP contribution >= 0.6 is 0 Å². The number of ether oxygens (including phenoxy) is 1. The number of hydrogen-bond acceptors (Lipinski definition) is 5. The van der Waals surface area contributed by atoms with Crippen LogP contribution in [0.1, 0.15) is 19.8 Å². The van der Waals surface area contributed by atoms with Gasteiger partial charge in [0.25, 0.3) is 0 Å². The maximum atomic E-state index is 12.8. The normalized spacial score (nSPS) is 21.3. The molecule has 0 saturated carbocycles. The number of rotatable bonds is 5. The highest BCUT2D eigenvalue weighted by molar-refractivity contribution is 7.89. The molecule has 1 aliphatic heterocycles. The fraction of sp³-hybridized carbons (Fsp3) is 0.500. The number of benzene rings is 1. The molecule has 1 saturated heterocycles. The quantitative estimate of drug-likeness (QED) is 0.815. The van der Waals surface area contributed by atoms with Crippen molar-refractivity contribution >= 4 is 20.2 Å². The zero-order valence-electron chi connectivity index (χ0n) is 11.3. The fourth-order valence-electron chi connectivity index (χ4n) is 2.17. The summed E-state index contributed by atoms with van der Waals surface area (Å²) in [7, 11) is -8.64. The maximum Gasteiger partial charge on any atom is 0.332 e. The van der Waals surface area contributed by atoms with E-state index in [-0.39, 0.29) is 11.0 Å². The molecule has 2 rings (SSSR count). The van der Waals surface area contributed by atoms with Gasteiger partial charge in [-0.05, 0) is 44.0 Å². The Kier molecular flexibility index (Phi) is 4.66. The van der Waals surface area contributed by atoms with Gasteiger partial charge in [0.1, 0.15) is 0 Å². The molecule has 1 fully saturated rings. The first-order valence-corrected chi connectivity index (χ1v) is 9.25. The summed E-state index contributed by atoms with van der Waals surface area (Å²) in [4.78, 5) is -0.701. The molecule has 2 atom stereocenters. The number of nitrogens with one attached hydrogen (secondary N) is 1. The lowest BCUT2D eigenvalue weighted by molar-refractivity contribution is 0.0902. The zero-order valence-corrected chi connectivity index (χ0v) is 13.0. The van der Waals surface area contributed by atoms with E-state index in [2.05, 4.69) is 4.72 Å². The smallest absolute Gasteiger partial charge is 0.332 e. The Labute approximate surface area is 123 Å². The van der Waals surface area contributed by atoms with Gasteiger partial charge in [-0.15, -0.1) is 3.89 Å². The van der Waals surface area contributed by atoms with E-state index in [0.717, 1.165) is 37.1 Å². The summed E-state index contributed by atoms with van der Waals surface area (Å²) in [6.45, 7) is 2.31. The lowest BCUT2D eigenvalue weighted by Gasteiger charge is -2.19. The van der Waals surface area contributed by atoms with Crippen molar-refractivity contribution < 1.29 is 25.5 Å². The summed E-state index contributed by atoms with van der Waals surface area (Å²) in [5.41, 5.74) is 0. The minimum atomic E-state index is -4.84. The summed E-state index contributed by atoms with van der Waals surface area (Å²) in [5.74, 6) is 0. The van der Waals surface area contributed by atoms with Crippen LogP contribution in [0.25, 0.3) is 0 Å². The van der Waals surface area contributed by atoms with Gasteiger partial charge >= 0.3 is 10.2 Å². The van der Waals surface area contributed by atoms with Crippen LogP contribution < -0.4 is 4.72 Å². The van der Waals surface area contributed by atoms with Crippen molar-refractivity contribution in [2.24, 2.45) is 0 Å². The summed E-state index contributed by atoms with van der Waals surface area (Å²) in [5, 5.41) is 0. The first-order valence-electron chi connectivity index (χ1n) is 6.39. The standard InChI is InChI=1S/C12H16FNO5S2/c1-9(12-3-2-8-19-12)14-21(17,18)11-6-4-10(5-7-11)20(13,15)16/h4-7,9,12,14H,2-3,8H2,1H3. The Morgan fingerprint density at radius 2 is 1.76 bits per heavy atom. The van der Waals surface area contributed by atoms with E-state index in [0.29, 0.717) is 6.61 Å². The maximum absolute atomic E-state index is 12.8. The van der Waals surface area contributed by atoms with E-state index in [1.54, 1.807) is 6.92 Å². The molecule has 6 nitrogen and oxygen atoms in total. The van der Waals surface area contributed by atoms with E-state index in [1.165, 1.54) is 0 Å². The number of sulfonamides is 1. The van der Waals surface area contributed by atoms with Gasteiger partial charge in [-0.1, -0.05) is 0 Å². The second kappa shape index (κ2) is 5.99. The molecule has 1 aromatic carbocycles. The molecule has 0 spiro atoms. The van der Waals surface area contributed by atoms with Crippen molar-refractivity contribution in [1.82, 2.24) is 4.72 Å². The van der Waals surface area contributed by atoms with Crippen LogP contribution in [0.15, 0.2) is 34.1 Å². The average molecular weight is 337 g/mol. The van der Waals surface area contributed by atoms with E-state index in [9.17, 15) is 20.7 Å². The Morgan fingerprint density at radius 3 is 2.24 bits per heavy atom. The predicted octanol–water partition coefficient (Wildman–Crippen LogP) is 1.19. The van der Waals surface area contributed by atoms with Crippen LogP contribution in [0.4, 0.5) is 3.89 Å². The molecule has 1 aliphatic rings. The molecule has 0 aliphatic carbocycles. The van der Waals surface area contributed by atoms with Gasteiger partial charge in [-0.3, -0.25) is 0 Å². The highest BCUT2D eigenvalue weighted by Gasteiger charge is 2.27. The van der Waals surface area contributed by atoms with Gasteiger partial charge in [0.2, 0.25) is 10.0 Å². The Bertz CT molecular complexity index is 694. The van der Waals surface area contributed by atoms with Gasteiger partial charge in [0.15, 0.2) is 0 Å². The number of halogens is 1. The summed E-state index contributed by atoms with van der Waals surface area (Å²) in [6, 6.07) is 3.54. The van der Waals surface area contributed by atoms with Gasteiger partial charge in [-0.25, -0.2) is 13.1 Å². The van der Waals surface area contributed by atoms with Crippen molar-refractivity contribution in [3.8, 4) is 0 Å². The molecule has 1 aromatic rings. The van der Waals surface area contributed by atoms with Gasteiger partial charge in [-0.2, -0.15) is 8.42 Å². The molecule has 21 heavy (non-hydrogen) atoms. The molecule has 118 valence electrons. The molecule has 0 bridgehead atoms. The van der Waals surface area contributed by atoms with Crippen LogP contribution in [0.2, 0.25) is 0 Å². The molecule has 0 aromatic heterocycles. The molecule has 9 heteroatoms. The van der Waals surface area contributed by atoms with Crippen molar-refractivity contribution in [2.45, 2.75) is 41.7 Å². The van der Waals surface area contributed by atoms with Crippen LogP contribution in [-0.2, 0) is 25.0 Å². The first kappa shape index (κ1) is 16.3. The van der Waals surface area contributed by atoms with Gasteiger partial charge in [0.05, 0.1) is 15.9 Å². The topological polar surface area (TPSA) is 89.5 Å². The molecule has 2 unspecified atom stereocenters. The van der Waals surface area contributed by atoms with E-state index >= 15 is 0 Å². The Morgan fingerprint density at radius 1 is 1.19 bits per heavy atom. The first-order chi connectivity index (χ1) is 9.70. The summed E-state index contributed by atoms with van der Waals surface area (Å²) >= 11 is 0. The van der Waals surface area contributed by atoms with Crippen LogP contribution in [0.3, 0.4) is 0 Å². The average Bonchev–Trinajstić information content (AvgIpc) is 2.91. The summed E-state index contributed by atoms with van der Waals surface area (Å²) in [6.07, 6.45) is 1.49. The van der Waals surface area contributed by atoms with Crippen LogP contribution in [-0.4, -0.2) is 35.6 Å². The minimum Gasteiger partial charge on any atom is -0.377 e. The van der Waals surface area contributed by atoms with Crippen molar-refractivity contribution in [1.29, 1.82) is 0 Å². The fourth-order valence-corrected chi connectivity index (χ4v) is 3.90. The third kappa shape index (κ3) is 4.00. The van der Waals surface area contributed by atoms with Crippen molar-refractivity contribution in [3.05, 3.63) is 24.3 Å². The second-order valence-corrected chi connectivity index (χ2v) is 7.93. The molecule has 0 amide bonds. The van der Waals surface area contributed by atoms with Gasteiger partial charge in [0, 0.05) is 12.6 Å². The highest BCUT2D eigenvalue weighted by Crippen LogP contribution is 2.19. The van der Waals surface area contributed by atoms with Crippen molar-refractivity contribution in [2.75, 3.05) is 6.61 Å². The minimum absolute atomic E-state index is 0.125. The molecule has 1 heterocycles. The van der Waals surface area contributed by atoms with E-state index in [4.69, 9.17) is 4.74 Å². The molecule has 0 radical (unpaired) electrons. The van der Waals surface area contributed by atoms with Crippen LogP contribution in [0.5, 0.6) is 0 Å². The second-order valence-electron chi connectivity index (χ2n) is 4.87. The SMILES string of the molecule is CC(NS(=O)(=O)c1ccc(S(=O)(=O)F)cc1)C1CCCO1.